The molecule has 0 radical (unpaired) electrons. The van der Waals surface area contributed by atoms with Gasteiger partial charge in [0.15, 0.2) is 5.69 Å². The molecule has 7 nitrogen and oxygen atoms in total. The highest BCUT2D eigenvalue weighted by Crippen LogP contribution is 2.30. The van der Waals surface area contributed by atoms with Gasteiger partial charge in [0.25, 0.3) is 5.91 Å². The molecule has 0 unspecified atom stereocenters. The number of nitrogens with zero attached hydrogens (tertiary/aromatic N) is 4. The molecule has 0 aliphatic carbocycles. The summed E-state index contributed by atoms with van der Waals surface area (Å²) in [4.78, 5) is 32.2. The van der Waals surface area contributed by atoms with Crippen LogP contribution in [-0.2, 0) is 17.8 Å². The monoisotopic (exact) mass is 371 g/mol. The number of carbonyl (C=O) groups is 2. The maximum absolute atomic E-state index is 13.3. The third-order valence-electron chi connectivity index (χ3n) is 6.10. The number of aromatic nitrogens is 2. The molecule has 146 valence electrons. The lowest BCUT2D eigenvalue weighted by atomic mass is 9.94. The van der Waals surface area contributed by atoms with Crippen LogP contribution in [0, 0.1) is 5.92 Å². The Bertz CT molecular complexity index is 779. The topological polar surface area (TPSA) is 72.5 Å². The first-order valence-electron chi connectivity index (χ1n) is 9.91. The van der Waals surface area contributed by atoms with Gasteiger partial charge in [0.1, 0.15) is 0 Å². The van der Waals surface area contributed by atoms with Gasteiger partial charge >= 0.3 is 0 Å². The van der Waals surface area contributed by atoms with Crippen LogP contribution in [0.25, 0.3) is 0 Å². The fraction of sp³-hybridized carbons (Fsp3) is 0.650. The van der Waals surface area contributed by atoms with Gasteiger partial charge in [0.05, 0.1) is 5.92 Å². The summed E-state index contributed by atoms with van der Waals surface area (Å²) in [6.45, 7) is 7.59. The number of rotatable bonds is 3. The highest BCUT2D eigenvalue weighted by Gasteiger charge is 2.42. The fourth-order valence-corrected chi connectivity index (χ4v) is 4.48. The van der Waals surface area contributed by atoms with Crippen molar-refractivity contribution >= 4 is 11.8 Å². The second kappa shape index (κ2) is 7.11. The van der Waals surface area contributed by atoms with Gasteiger partial charge in [-0.3, -0.25) is 14.7 Å². The minimum Gasteiger partial charge on any atom is -0.334 e. The predicted molar refractivity (Wildman–Crippen MR) is 102 cm³/mol. The molecule has 1 aromatic heterocycles. The van der Waals surface area contributed by atoms with E-state index in [1.165, 1.54) is 5.57 Å². The molecule has 4 aliphatic heterocycles. The largest absolute Gasteiger partial charge is 0.334 e. The van der Waals surface area contributed by atoms with Gasteiger partial charge in [-0.15, -0.1) is 0 Å². The number of amides is 2. The second-order valence-electron chi connectivity index (χ2n) is 8.43. The van der Waals surface area contributed by atoms with Gasteiger partial charge in [-0.25, -0.2) is 0 Å². The zero-order valence-electron chi connectivity index (χ0n) is 16.5. The molecule has 27 heavy (non-hydrogen) atoms. The number of likely N-dealkylation sites (N-methyl/N-ethyl adjacent to an activating group) is 1. The van der Waals surface area contributed by atoms with Crippen molar-refractivity contribution in [3.63, 3.8) is 0 Å². The Kier molecular flexibility index (Phi) is 4.80. The molecule has 5 heterocycles. The van der Waals surface area contributed by atoms with E-state index in [4.69, 9.17) is 0 Å². The maximum Gasteiger partial charge on any atom is 0.274 e. The number of fused-ring (bicyclic) bond motifs is 5. The molecule has 2 amide bonds. The third-order valence-corrected chi connectivity index (χ3v) is 6.10. The average molecular weight is 371 g/mol. The standard InChI is InChI=1S/C20H29N5O2/c1-13(2)6-9-25-15-5-4-14(19(25)26)10-24(11-15)20(27)18-16-12-23(3)8-7-17(16)21-22-18/h6,14-15H,4-5,7-12H2,1-3H3,(H,21,22)/t14-,15+/m0/s1. The summed E-state index contributed by atoms with van der Waals surface area (Å²) in [6.07, 6.45) is 4.84. The highest BCUT2D eigenvalue weighted by atomic mass is 16.2. The SMILES string of the molecule is CC(C)=CCN1C(=O)[C@H]2CC[C@@H]1CN(C(=O)c1n[nH]c3c1CN(C)CC3)C2. The van der Waals surface area contributed by atoms with Crippen LogP contribution in [0.5, 0.6) is 0 Å². The van der Waals surface area contributed by atoms with Crippen molar-refractivity contribution in [1.29, 1.82) is 0 Å². The molecule has 2 atom stereocenters. The molecular formula is C20H29N5O2. The number of piperidine rings is 1. The molecule has 4 aliphatic rings. The second-order valence-corrected chi connectivity index (χ2v) is 8.43. The van der Waals surface area contributed by atoms with Crippen LogP contribution in [0.15, 0.2) is 11.6 Å². The zero-order valence-corrected chi connectivity index (χ0v) is 16.5. The first kappa shape index (κ1) is 18.2. The van der Waals surface area contributed by atoms with Crippen LogP contribution >= 0.6 is 0 Å². The van der Waals surface area contributed by atoms with E-state index < -0.39 is 0 Å². The Balaban J connectivity index is 1.56. The molecule has 0 aromatic carbocycles. The lowest BCUT2D eigenvalue weighted by Gasteiger charge is -2.35. The molecule has 1 aromatic rings. The Hall–Kier alpha value is -2.15. The van der Waals surface area contributed by atoms with Gasteiger partial charge < -0.3 is 14.7 Å². The molecular weight excluding hydrogens is 342 g/mol. The Morgan fingerprint density at radius 1 is 1.30 bits per heavy atom. The van der Waals surface area contributed by atoms with Crippen molar-refractivity contribution in [2.24, 2.45) is 5.92 Å². The number of nitrogens with one attached hydrogen (secondary N) is 1. The zero-order chi connectivity index (χ0) is 19.1. The lowest BCUT2D eigenvalue weighted by molar-refractivity contribution is -0.139. The van der Waals surface area contributed by atoms with E-state index in [0.717, 1.165) is 43.6 Å². The van der Waals surface area contributed by atoms with E-state index in [1.54, 1.807) is 0 Å². The van der Waals surface area contributed by atoms with E-state index in [-0.39, 0.29) is 23.8 Å². The quantitative estimate of drug-likeness (QED) is 0.816. The highest BCUT2D eigenvalue weighted by molar-refractivity contribution is 5.95. The van der Waals surface area contributed by atoms with Crippen LogP contribution in [0.1, 0.15) is 48.4 Å². The van der Waals surface area contributed by atoms with E-state index in [0.29, 0.717) is 25.3 Å². The lowest BCUT2D eigenvalue weighted by Crippen LogP contribution is -2.48. The number of hydrogen-bond acceptors (Lipinski definition) is 4. The normalized spacial score (nSPS) is 25.4. The van der Waals surface area contributed by atoms with Gasteiger partial charge in [-0.2, -0.15) is 5.10 Å². The third kappa shape index (κ3) is 3.40. The minimum absolute atomic E-state index is 0.0310. The molecule has 3 fully saturated rings. The van der Waals surface area contributed by atoms with Crippen LogP contribution in [0.4, 0.5) is 0 Å². The van der Waals surface area contributed by atoms with Gasteiger partial charge in [-0.05, 0) is 33.7 Å². The summed E-state index contributed by atoms with van der Waals surface area (Å²) in [6, 6.07) is 0.105. The van der Waals surface area contributed by atoms with Crippen LogP contribution < -0.4 is 0 Å². The Morgan fingerprint density at radius 2 is 2.11 bits per heavy atom. The molecule has 7 heteroatoms. The Labute approximate surface area is 160 Å². The molecule has 0 spiro atoms. The van der Waals surface area contributed by atoms with Gasteiger partial charge in [0.2, 0.25) is 5.91 Å². The van der Waals surface area contributed by atoms with Crippen LogP contribution in [-0.4, -0.2) is 76.0 Å². The van der Waals surface area contributed by atoms with Crippen molar-refractivity contribution in [1.82, 2.24) is 24.9 Å². The number of hydrogen-bond donors (Lipinski definition) is 1. The van der Waals surface area contributed by atoms with Crippen LogP contribution in [0.3, 0.4) is 0 Å². The summed E-state index contributed by atoms with van der Waals surface area (Å²) < 4.78 is 0. The van der Waals surface area contributed by atoms with E-state index in [9.17, 15) is 9.59 Å². The average Bonchev–Trinajstić information content (AvgIpc) is 2.84. The number of carbonyl (C=O) groups excluding carboxylic acids is 2. The van der Waals surface area contributed by atoms with Crippen molar-refractivity contribution in [2.75, 3.05) is 33.2 Å². The number of H-pyrrole nitrogens is 1. The minimum atomic E-state index is -0.0873. The van der Waals surface area contributed by atoms with Crippen molar-refractivity contribution in [2.45, 2.75) is 45.7 Å². The van der Waals surface area contributed by atoms with E-state index in [2.05, 4.69) is 28.2 Å². The summed E-state index contributed by atoms with van der Waals surface area (Å²) in [5, 5.41) is 7.42. The first-order chi connectivity index (χ1) is 12.9. The molecule has 5 rings (SSSR count). The number of allylic oxidation sites excluding steroid dienone is 1. The van der Waals surface area contributed by atoms with Crippen molar-refractivity contribution < 1.29 is 9.59 Å². The van der Waals surface area contributed by atoms with Crippen LogP contribution in [0.2, 0.25) is 0 Å². The smallest absolute Gasteiger partial charge is 0.274 e. The molecule has 3 saturated heterocycles. The molecule has 0 saturated carbocycles. The van der Waals surface area contributed by atoms with Crippen molar-refractivity contribution in [3.8, 4) is 0 Å². The number of aromatic amines is 1. The summed E-state index contributed by atoms with van der Waals surface area (Å²) in [5.74, 6) is 0.0788. The van der Waals surface area contributed by atoms with E-state index in [1.807, 2.05) is 23.6 Å². The predicted octanol–water partition coefficient (Wildman–Crippen LogP) is 1.43. The van der Waals surface area contributed by atoms with E-state index >= 15 is 0 Å². The summed E-state index contributed by atoms with van der Waals surface area (Å²) in [5.41, 5.74) is 3.86. The first-order valence-corrected chi connectivity index (χ1v) is 9.91. The van der Waals surface area contributed by atoms with Crippen molar-refractivity contribution in [3.05, 3.63) is 28.6 Å². The Morgan fingerprint density at radius 3 is 2.89 bits per heavy atom. The summed E-state index contributed by atoms with van der Waals surface area (Å²) >= 11 is 0. The van der Waals surface area contributed by atoms with Gasteiger partial charge in [0, 0.05) is 56.4 Å². The van der Waals surface area contributed by atoms with Gasteiger partial charge in [-0.1, -0.05) is 11.6 Å². The maximum atomic E-state index is 13.3. The molecule has 1 N–H and O–H groups in total. The molecule has 2 bridgehead atoms. The fourth-order valence-electron chi connectivity index (χ4n) is 4.48. The summed E-state index contributed by atoms with van der Waals surface area (Å²) in [7, 11) is 2.07.